The lowest BCUT2D eigenvalue weighted by Gasteiger charge is -2.17. The highest BCUT2D eigenvalue weighted by Gasteiger charge is 2.12. The fourth-order valence-electron chi connectivity index (χ4n) is 1.55. The monoisotopic (exact) mass is 269 g/mol. The van der Waals surface area contributed by atoms with Crippen LogP contribution >= 0.6 is 11.8 Å². The van der Waals surface area contributed by atoms with Crippen LogP contribution in [0.4, 0.5) is 5.69 Å². The van der Waals surface area contributed by atoms with Gasteiger partial charge in [0, 0.05) is 12.3 Å². The standard InChI is InChI=1S/C12H19N3O2S/c1-3-15(4-2)5-6-18-11-10(12(16)17)7-9(13)8-14-11/h7-8H,3-6,13H2,1-2H3,(H,16,17). The maximum absolute atomic E-state index is 11.1. The van der Waals surface area contributed by atoms with Crippen LogP contribution in [-0.4, -0.2) is 46.3 Å². The fraction of sp³-hybridized carbons (Fsp3) is 0.500. The average Bonchev–Trinajstić information content (AvgIpc) is 2.36. The van der Waals surface area contributed by atoms with Gasteiger partial charge in [0.2, 0.25) is 0 Å². The highest BCUT2D eigenvalue weighted by Crippen LogP contribution is 2.22. The molecule has 1 aromatic rings. The van der Waals surface area contributed by atoms with Crippen LogP contribution in [0.25, 0.3) is 0 Å². The number of carbonyl (C=O) groups is 1. The molecule has 0 radical (unpaired) electrons. The fourth-order valence-corrected chi connectivity index (χ4v) is 2.52. The first-order valence-electron chi connectivity index (χ1n) is 5.92. The van der Waals surface area contributed by atoms with E-state index in [0.29, 0.717) is 10.7 Å². The zero-order chi connectivity index (χ0) is 13.5. The Morgan fingerprint density at radius 1 is 1.50 bits per heavy atom. The van der Waals surface area contributed by atoms with Gasteiger partial charge in [-0.15, -0.1) is 11.8 Å². The number of aromatic carboxylic acids is 1. The number of nitrogens with zero attached hydrogens (tertiary/aromatic N) is 2. The quantitative estimate of drug-likeness (QED) is 0.735. The summed E-state index contributed by atoms with van der Waals surface area (Å²) in [6, 6.07) is 1.45. The van der Waals surface area contributed by atoms with Crippen molar-refractivity contribution in [2.24, 2.45) is 0 Å². The normalized spacial score (nSPS) is 10.8. The lowest BCUT2D eigenvalue weighted by molar-refractivity contribution is 0.0692. The Morgan fingerprint density at radius 3 is 2.72 bits per heavy atom. The van der Waals surface area contributed by atoms with Crippen molar-refractivity contribution in [3.63, 3.8) is 0 Å². The first kappa shape index (κ1) is 14.8. The molecule has 3 N–H and O–H groups in total. The third-order valence-electron chi connectivity index (χ3n) is 2.64. The van der Waals surface area contributed by atoms with E-state index >= 15 is 0 Å². The van der Waals surface area contributed by atoms with E-state index in [1.54, 1.807) is 0 Å². The predicted molar refractivity (Wildman–Crippen MR) is 74.1 cm³/mol. The SMILES string of the molecule is CCN(CC)CCSc1ncc(N)cc1C(=O)O. The van der Waals surface area contributed by atoms with Gasteiger partial charge in [0.05, 0.1) is 17.4 Å². The summed E-state index contributed by atoms with van der Waals surface area (Å²) in [4.78, 5) is 17.4. The lowest BCUT2D eigenvalue weighted by Crippen LogP contribution is -2.25. The molecule has 0 amide bonds. The molecule has 1 rings (SSSR count). The largest absolute Gasteiger partial charge is 0.478 e. The van der Waals surface area contributed by atoms with Crippen molar-refractivity contribution in [1.29, 1.82) is 0 Å². The van der Waals surface area contributed by atoms with Crippen molar-refractivity contribution in [3.8, 4) is 0 Å². The number of aromatic nitrogens is 1. The second-order valence-electron chi connectivity index (χ2n) is 3.80. The molecule has 5 nitrogen and oxygen atoms in total. The Balaban J connectivity index is 2.64. The van der Waals surface area contributed by atoms with Crippen LogP contribution in [0.5, 0.6) is 0 Å². The highest BCUT2D eigenvalue weighted by atomic mass is 32.2. The number of carboxylic acid groups (broad SMARTS) is 1. The molecule has 0 bridgehead atoms. The third-order valence-corrected chi connectivity index (χ3v) is 3.63. The van der Waals surface area contributed by atoms with Gasteiger partial charge in [-0.25, -0.2) is 9.78 Å². The van der Waals surface area contributed by atoms with Crippen molar-refractivity contribution in [2.45, 2.75) is 18.9 Å². The summed E-state index contributed by atoms with van der Waals surface area (Å²) in [5.74, 6) is -0.168. The van der Waals surface area contributed by atoms with E-state index in [-0.39, 0.29) is 5.56 Å². The van der Waals surface area contributed by atoms with Gasteiger partial charge in [0.15, 0.2) is 0 Å². The van der Waals surface area contributed by atoms with Gasteiger partial charge in [0.25, 0.3) is 0 Å². The van der Waals surface area contributed by atoms with Crippen LogP contribution in [0.1, 0.15) is 24.2 Å². The van der Waals surface area contributed by atoms with Crippen LogP contribution in [0.3, 0.4) is 0 Å². The predicted octanol–water partition coefficient (Wildman–Crippen LogP) is 1.80. The van der Waals surface area contributed by atoms with Crippen LogP contribution < -0.4 is 5.73 Å². The van der Waals surface area contributed by atoms with E-state index in [4.69, 9.17) is 10.8 Å². The first-order valence-corrected chi connectivity index (χ1v) is 6.91. The molecule has 1 heterocycles. The number of pyridine rings is 1. The molecule has 0 atom stereocenters. The molecule has 0 aliphatic heterocycles. The summed E-state index contributed by atoms with van der Waals surface area (Å²) >= 11 is 1.45. The molecule has 0 aromatic carbocycles. The van der Waals surface area contributed by atoms with Gasteiger partial charge < -0.3 is 15.7 Å². The molecular formula is C12H19N3O2S. The maximum Gasteiger partial charge on any atom is 0.338 e. The molecule has 18 heavy (non-hydrogen) atoms. The zero-order valence-electron chi connectivity index (χ0n) is 10.7. The summed E-state index contributed by atoms with van der Waals surface area (Å²) in [6.07, 6.45) is 1.49. The van der Waals surface area contributed by atoms with E-state index in [0.717, 1.165) is 25.4 Å². The van der Waals surface area contributed by atoms with Crippen LogP contribution in [-0.2, 0) is 0 Å². The van der Waals surface area contributed by atoms with E-state index in [1.165, 1.54) is 24.0 Å². The Bertz CT molecular complexity index is 408. The highest BCUT2D eigenvalue weighted by molar-refractivity contribution is 7.99. The van der Waals surface area contributed by atoms with Crippen molar-refractivity contribution in [3.05, 3.63) is 17.8 Å². The van der Waals surface area contributed by atoms with E-state index < -0.39 is 5.97 Å². The minimum Gasteiger partial charge on any atom is -0.478 e. The number of hydrogen-bond donors (Lipinski definition) is 2. The summed E-state index contributed by atoms with van der Waals surface area (Å²) in [7, 11) is 0. The molecule has 0 unspecified atom stereocenters. The topological polar surface area (TPSA) is 79.5 Å². The summed E-state index contributed by atoms with van der Waals surface area (Å²) in [6.45, 7) is 7.13. The number of anilines is 1. The molecular weight excluding hydrogens is 250 g/mol. The smallest absolute Gasteiger partial charge is 0.338 e. The molecule has 0 aliphatic rings. The van der Waals surface area contributed by atoms with E-state index in [9.17, 15) is 4.79 Å². The summed E-state index contributed by atoms with van der Waals surface area (Å²) < 4.78 is 0. The maximum atomic E-state index is 11.1. The molecule has 100 valence electrons. The summed E-state index contributed by atoms with van der Waals surface area (Å²) in [5.41, 5.74) is 6.10. The second kappa shape index (κ2) is 7.23. The number of rotatable bonds is 7. The Labute approximate surface area is 111 Å². The van der Waals surface area contributed by atoms with Gasteiger partial charge in [-0.2, -0.15) is 0 Å². The molecule has 0 aliphatic carbocycles. The zero-order valence-corrected chi connectivity index (χ0v) is 11.5. The van der Waals surface area contributed by atoms with Gasteiger partial charge in [-0.1, -0.05) is 13.8 Å². The molecule has 1 aromatic heterocycles. The molecule has 0 spiro atoms. The van der Waals surface area contributed by atoms with Crippen LogP contribution in [0, 0.1) is 0 Å². The van der Waals surface area contributed by atoms with Crippen molar-refractivity contribution in [1.82, 2.24) is 9.88 Å². The number of carboxylic acids is 1. The molecule has 0 saturated carbocycles. The van der Waals surface area contributed by atoms with E-state index in [2.05, 4.69) is 23.7 Å². The Kier molecular flexibility index (Phi) is 5.94. The van der Waals surface area contributed by atoms with Gasteiger partial charge >= 0.3 is 5.97 Å². The summed E-state index contributed by atoms with van der Waals surface area (Å²) in [5, 5.41) is 9.60. The minimum atomic E-state index is -0.986. The molecule has 0 saturated heterocycles. The van der Waals surface area contributed by atoms with Crippen molar-refractivity contribution < 1.29 is 9.90 Å². The number of thioether (sulfide) groups is 1. The van der Waals surface area contributed by atoms with Crippen LogP contribution in [0.15, 0.2) is 17.3 Å². The third kappa shape index (κ3) is 4.19. The average molecular weight is 269 g/mol. The first-order chi connectivity index (χ1) is 8.58. The van der Waals surface area contributed by atoms with Gasteiger partial charge in [0.1, 0.15) is 5.03 Å². The molecule has 0 fully saturated rings. The Morgan fingerprint density at radius 2 is 2.17 bits per heavy atom. The number of nitrogen functional groups attached to an aromatic ring is 1. The van der Waals surface area contributed by atoms with Gasteiger partial charge in [-0.3, -0.25) is 0 Å². The van der Waals surface area contributed by atoms with Crippen molar-refractivity contribution in [2.75, 3.05) is 31.1 Å². The Hall–Kier alpha value is -1.27. The number of hydrogen-bond acceptors (Lipinski definition) is 5. The lowest BCUT2D eigenvalue weighted by atomic mass is 10.3. The molecule has 6 heteroatoms. The van der Waals surface area contributed by atoms with E-state index in [1.807, 2.05) is 0 Å². The van der Waals surface area contributed by atoms with Crippen molar-refractivity contribution >= 4 is 23.4 Å². The number of nitrogens with two attached hydrogens (primary N) is 1. The minimum absolute atomic E-state index is 0.180. The van der Waals surface area contributed by atoms with Crippen LogP contribution in [0.2, 0.25) is 0 Å². The van der Waals surface area contributed by atoms with Gasteiger partial charge in [-0.05, 0) is 19.2 Å². The second-order valence-corrected chi connectivity index (χ2v) is 4.89.